The minimum absolute atomic E-state index is 0.928. The highest BCUT2D eigenvalue weighted by atomic mass is 16.3. The summed E-state index contributed by atoms with van der Waals surface area (Å²) in [5.74, 6) is 0. The van der Waals surface area contributed by atoms with E-state index < -0.39 is 0 Å². The number of hydrogen-bond acceptors (Lipinski definition) is 1. The van der Waals surface area contributed by atoms with E-state index in [0.29, 0.717) is 0 Å². The van der Waals surface area contributed by atoms with Gasteiger partial charge in [-0.2, -0.15) is 0 Å². The molecule has 0 unspecified atom stereocenters. The molecule has 0 radical (unpaired) electrons. The van der Waals surface area contributed by atoms with Gasteiger partial charge in [0.1, 0.15) is 11.2 Å². The molecule has 0 aliphatic carbocycles. The lowest BCUT2D eigenvalue weighted by Crippen LogP contribution is -1.92. The summed E-state index contributed by atoms with van der Waals surface area (Å²) in [4.78, 5) is 0. The average molecular weight is 597 g/mol. The summed E-state index contributed by atoms with van der Waals surface area (Å²) >= 11 is 0. The number of furan rings is 1. The SMILES string of the molecule is c1ccc(-c2c3ccccc3c(-c3ccc(-c4ccc5c(ccc6oc7ccccc7c65)c4)c4ccccc34)c3ccccc23)cc1. The van der Waals surface area contributed by atoms with Crippen LogP contribution in [0, 0.1) is 0 Å². The molecule has 9 aromatic carbocycles. The van der Waals surface area contributed by atoms with Crippen molar-refractivity contribution in [2.24, 2.45) is 0 Å². The van der Waals surface area contributed by atoms with Crippen molar-refractivity contribution < 1.29 is 4.42 Å². The van der Waals surface area contributed by atoms with Crippen LogP contribution in [0.4, 0.5) is 0 Å². The molecule has 47 heavy (non-hydrogen) atoms. The summed E-state index contributed by atoms with van der Waals surface area (Å²) in [6.07, 6.45) is 0. The molecule has 1 heteroatoms. The Labute approximate surface area is 271 Å². The van der Waals surface area contributed by atoms with Gasteiger partial charge in [0.25, 0.3) is 0 Å². The Hall–Kier alpha value is -6.18. The van der Waals surface area contributed by atoms with Crippen molar-refractivity contribution in [1.29, 1.82) is 0 Å². The predicted molar refractivity (Wildman–Crippen MR) is 200 cm³/mol. The molecule has 0 N–H and O–H groups in total. The number of rotatable bonds is 3. The Balaban J connectivity index is 1.22. The normalized spacial score (nSPS) is 11.8. The first-order valence-corrected chi connectivity index (χ1v) is 16.2. The van der Waals surface area contributed by atoms with E-state index in [4.69, 9.17) is 4.42 Å². The molecular weight excluding hydrogens is 569 g/mol. The Morgan fingerprint density at radius 3 is 1.55 bits per heavy atom. The molecule has 0 aliphatic rings. The van der Waals surface area contributed by atoms with Gasteiger partial charge in [-0.25, -0.2) is 0 Å². The topological polar surface area (TPSA) is 13.1 Å². The summed E-state index contributed by atoms with van der Waals surface area (Å²) in [5, 5.41) is 12.4. The Kier molecular flexibility index (Phi) is 5.64. The van der Waals surface area contributed by atoms with Crippen LogP contribution in [0.25, 0.3) is 98.4 Å². The van der Waals surface area contributed by atoms with Crippen LogP contribution in [-0.4, -0.2) is 0 Å². The van der Waals surface area contributed by atoms with Crippen molar-refractivity contribution in [3.8, 4) is 33.4 Å². The van der Waals surface area contributed by atoms with Crippen LogP contribution in [-0.2, 0) is 0 Å². The molecule has 1 heterocycles. The fourth-order valence-corrected chi connectivity index (χ4v) is 7.82. The maximum Gasteiger partial charge on any atom is 0.136 e. The van der Waals surface area contributed by atoms with Gasteiger partial charge in [-0.05, 0) is 94.7 Å². The first-order valence-electron chi connectivity index (χ1n) is 16.2. The molecule has 0 fully saturated rings. The lowest BCUT2D eigenvalue weighted by Gasteiger charge is -2.19. The zero-order chi connectivity index (χ0) is 30.9. The minimum Gasteiger partial charge on any atom is -0.456 e. The molecule has 10 aromatic rings. The van der Waals surface area contributed by atoms with Crippen LogP contribution in [0.5, 0.6) is 0 Å². The second kappa shape index (κ2) is 10.2. The van der Waals surface area contributed by atoms with Crippen LogP contribution in [0.2, 0.25) is 0 Å². The Morgan fingerprint density at radius 1 is 0.298 bits per heavy atom. The summed E-state index contributed by atoms with van der Waals surface area (Å²) < 4.78 is 6.18. The Bertz CT molecular complexity index is 2780. The second-order valence-corrected chi connectivity index (χ2v) is 12.4. The van der Waals surface area contributed by atoms with E-state index in [1.54, 1.807) is 0 Å². The van der Waals surface area contributed by atoms with E-state index in [1.165, 1.54) is 81.9 Å². The third-order valence-corrected chi connectivity index (χ3v) is 9.86. The standard InChI is InChI=1S/C46H28O/c1-2-12-29(13-3-1)44-36-16-6-8-18-38(36)45(39-19-9-7-17-37(39)44)40-26-25-32(34-14-4-5-15-35(34)40)30-22-24-33-31(28-30)23-27-43-46(33)41-20-10-11-21-42(41)47-43/h1-28H. The minimum atomic E-state index is 0.928. The van der Waals surface area contributed by atoms with Crippen LogP contribution < -0.4 is 0 Å². The van der Waals surface area contributed by atoms with E-state index in [9.17, 15) is 0 Å². The van der Waals surface area contributed by atoms with E-state index in [2.05, 4.69) is 158 Å². The molecule has 1 aromatic heterocycles. The summed E-state index contributed by atoms with van der Waals surface area (Å²) in [5.41, 5.74) is 9.37. The van der Waals surface area contributed by atoms with Crippen molar-refractivity contribution in [2.45, 2.75) is 0 Å². The first kappa shape index (κ1) is 26.1. The van der Waals surface area contributed by atoms with Crippen molar-refractivity contribution in [2.75, 3.05) is 0 Å². The molecule has 0 spiro atoms. The van der Waals surface area contributed by atoms with Gasteiger partial charge < -0.3 is 4.42 Å². The number of hydrogen-bond donors (Lipinski definition) is 0. The third kappa shape index (κ3) is 3.90. The van der Waals surface area contributed by atoms with Crippen LogP contribution in [0.15, 0.2) is 174 Å². The van der Waals surface area contributed by atoms with Crippen LogP contribution in [0.1, 0.15) is 0 Å². The molecule has 0 bridgehead atoms. The molecule has 218 valence electrons. The molecule has 10 rings (SSSR count). The molecule has 0 saturated carbocycles. The van der Waals surface area contributed by atoms with Crippen molar-refractivity contribution in [1.82, 2.24) is 0 Å². The summed E-state index contributed by atoms with van der Waals surface area (Å²) in [6, 6.07) is 61.6. The quantitative estimate of drug-likeness (QED) is 0.185. The molecule has 0 amide bonds. The fraction of sp³-hybridized carbons (Fsp3) is 0. The number of para-hydroxylation sites is 1. The van der Waals surface area contributed by atoms with Gasteiger partial charge in [-0.15, -0.1) is 0 Å². The van der Waals surface area contributed by atoms with E-state index in [-0.39, 0.29) is 0 Å². The second-order valence-electron chi connectivity index (χ2n) is 12.4. The van der Waals surface area contributed by atoms with E-state index in [1.807, 2.05) is 12.1 Å². The van der Waals surface area contributed by atoms with Gasteiger partial charge in [0.15, 0.2) is 0 Å². The zero-order valence-corrected chi connectivity index (χ0v) is 25.6. The molecule has 0 aliphatic heterocycles. The zero-order valence-electron chi connectivity index (χ0n) is 25.6. The lowest BCUT2D eigenvalue weighted by atomic mass is 9.83. The van der Waals surface area contributed by atoms with Crippen molar-refractivity contribution in [3.63, 3.8) is 0 Å². The van der Waals surface area contributed by atoms with Gasteiger partial charge in [0, 0.05) is 10.8 Å². The van der Waals surface area contributed by atoms with E-state index in [0.717, 1.165) is 16.6 Å². The van der Waals surface area contributed by atoms with Crippen LogP contribution in [0.3, 0.4) is 0 Å². The molecule has 0 atom stereocenters. The largest absolute Gasteiger partial charge is 0.456 e. The van der Waals surface area contributed by atoms with Gasteiger partial charge in [-0.3, -0.25) is 0 Å². The van der Waals surface area contributed by atoms with Gasteiger partial charge >= 0.3 is 0 Å². The maximum atomic E-state index is 6.18. The fourth-order valence-electron chi connectivity index (χ4n) is 7.82. The van der Waals surface area contributed by atoms with Gasteiger partial charge in [0.05, 0.1) is 0 Å². The van der Waals surface area contributed by atoms with E-state index >= 15 is 0 Å². The molecular formula is C46H28O. The average Bonchev–Trinajstić information content (AvgIpc) is 3.53. The lowest BCUT2D eigenvalue weighted by molar-refractivity contribution is 0.669. The smallest absolute Gasteiger partial charge is 0.136 e. The van der Waals surface area contributed by atoms with Crippen LogP contribution >= 0.6 is 0 Å². The highest BCUT2D eigenvalue weighted by Crippen LogP contribution is 2.46. The number of benzene rings is 9. The Morgan fingerprint density at radius 2 is 0.851 bits per heavy atom. The number of fused-ring (bicyclic) bond motifs is 8. The maximum absolute atomic E-state index is 6.18. The summed E-state index contributed by atoms with van der Waals surface area (Å²) in [6.45, 7) is 0. The highest BCUT2D eigenvalue weighted by molar-refractivity contribution is 6.24. The van der Waals surface area contributed by atoms with Gasteiger partial charge in [0.2, 0.25) is 0 Å². The van der Waals surface area contributed by atoms with Crippen molar-refractivity contribution in [3.05, 3.63) is 170 Å². The van der Waals surface area contributed by atoms with Gasteiger partial charge in [-0.1, -0.05) is 152 Å². The molecule has 1 nitrogen and oxygen atoms in total. The van der Waals surface area contributed by atoms with Crippen molar-refractivity contribution >= 4 is 65.0 Å². The third-order valence-electron chi connectivity index (χ3n) is 9.86. The molecule has 0 saturated heterocycles. The summed E-state index contributed by atoms with van der Waals surface area (Å²) in [7, 11) is 0. The predicted octanol–water partition coefficient (Wildman–Crippen LogP) is 13.2. The first-order chi connectivity index (χ1) is 23.3. The highest BCUT2D eigenvalue weighted by Gasteiger charge is 2.19. The monoisotopic (exact) mass is 596 g/mol.